The quantitative estimate of drug-likeness (QED) is 0.709. The van der Waals surface area contributed by atoms with Gasteiger partial charge in [-0.1, -0.05) is 0 Å². The van der Waals surface area contributed by atoms with Crippen LogP contribution < -0.4 is 10.6 Å². The lowest BCUT2D eigenvalue weighted by atomic mass is 10.2. The van der Waals surface area contributed by atoms with E-state index in [0.717, 1.165) is 12.8 Å². The lowest BCUT2D eigenvalue weighted by Gasteiger charge is -2.23. The summed E-state index contributed by atoms with van der Waals surface area (Å²) < 4.78 is 22.0. The van der Waals surface area contributed by atoms with Gasteiger partial charge in [-0.2, -0.15) is 0 Å². The summed E-state index contributed by atoms with van der Waals surface area (Å²) in [5.74, 6) is 0. The Morgan fingerprint density at radius 1 is 1.47 bits per heavy atom. The van der Waals surface area contributed by atoms with E-state index in [0.29, 0.717) is 17.7 Å². The molecule has 0 heterocycles. The van der Waals surface area contributed by atoms with Gasteiger partial charge in [-0.25, -0.2) is 8.42 Å². The van der Waals surface area contributed by atoms with Crippen LogP contribution in [-0.4, -0.2) is 37.1 Å². The Balaban J connectivity index is 2.37. The van der Waals surface area contributed by atoms with Crippen molar-refractivity contribution in [2.75, 3.05) is 12.8 Å². The molecule has 0 saturated heterocycles. The number of hydrogen-bond acceptors (Lipinski definition) is 3. The molecule has 2 N–H and O–H groups in total. The standard InChI is InChI=1S/C9H18N2O2S2/c1-9(2,15(3,12)13)6-10-8(14)11-7-4-5-7/h7H,4-6H2,1-3H3,(H2,10,11,14). The fourth-order valence-corrected chi connectivity index (χ4v) is 1.46. The van der Waals surface area contributed by atoms with Gasteiger partial charge in [0.15, 0.2) is 14.9 Å². The Hall–Kier alpha value is -0.360. The predicted octanol–water partition coefficient (Wildman–Crippen LogP) is 0.436. The molecule has 0 atom stereocenters. The molecule has 0 aromatic rings. The molecule has 4 nitrogen and oxygen atoms in total. The molecule has 0 unspecified atom stereocenters. The van der Waals surface area contributed by atoms with Crippen LogP contribution in [0.4, 0.5) is 0 Å². The average molecular weight is 250 g/mol. The third kappa shape index (κ3) is 3.95. The highest BCUT2D eigenvalue weighted by Gasteiger charge is 2.30. The van der Waals surface area contributed by atoms with Gasteiger partial charge >= 0.3 is 0 Å². The highest BCUT2D eigenvalue weighted by atomic mass is 32.2. The molecule has 0 bridgehead atoms. The Kier molecular flexibility index (Phi) is 3.60. The lowest BCUT2D eigenvalue weighted by molar-refractivity contribution is 0.545. The van der Waals surface area contributed by atoms with Gasteiger partial charge in [0.05, 0.1) is 4.75 Å². The Labute approximate surface area is 96.7 Å². The number of hydrogen-bond donors (Lipinski definition) is 2. The van der Waals surface area contributed by atoms with Gasteiger partial charge in [-0.05, 0) is 38.9 Å². The molecule has 0 aliphatic heterocycles. The molecule has 1 fully saturated rings. The molecule has 15 heavy (non-hydrogen) atoms. The second kappa shape index (κ2) is 4.25. The maximum absolute atomic E-state index is 11.4. The largest absolute Gasteiger partial charge is 0.361 e. The summed E-state index contributed by atoms with van der Waals surface area (Å²) in [6.45, 7) is 3.72. The molecule has 0 amide bonds. The monoisotopic (exact) mass is 250 g/mol. The van der Waals surface area contributed by atoms with Gasteiger partial charge in [0.1, 0.15) is 0 Å². The second-order valence-electron chi connectivity index (χ2n) is 4.63. The summed E-state index contributed by atoms with van der Waals surface area (Å²) in [4.78, 5) is 0. The molecule has 6 heteroatoms. The van der Waals surface area contributed by atoms with E-state index < -0.39 is 14.6 Å². The minimum absolute atomic E-state index is 0.338. The van der Waals surface area contributed by atoms with Crippen molar-refractivity contribution in [3.8, 4) is 0 Å². The summed E-state index contributed by atoms with van der Waals surface area (Å²) in [6, 6.07) is 0.492. The number of thiocarbonyl (C=S) groups is 1. The molecule has 0 aromatic carbocycles. The smallest absolute Gasteiger partial charge is 0.166 e. The molecule has 1 rings (SSSR count). The van der Waals surface area contributed by atoms with Crippen molar-refractivity contribution < 1.29 is 8.42 Å². The molecular weight excluding hydrogens is 232 g/mol. The van der Waals surface area contributed by atoms with E-state index in [-0.39, 0.29) is 0 Å². The van der Waals surface area contributed by atoms with Crippen LogP contribution in [0.5, 0.6) is 0 Å². The Morgan fingerprint density at radius 2 is 2.00 bits per heavy atom. The van der Waals surface area contributed by atoms with Crippen molar-refractivity contribution >= 4 is 27.2 Å². The van der Waals surface area contributed by atoms with Crippen molar-refractivity contribution in [2.45, 2.75) is 37.5 Å². The first-order chi connectivity index (χ1) is 6.72. The first-order valence-electron chi connectivity index (χ1n) is 4.96. The third-order valence-electron chi connectivity index (χ3n) is 2.59. The van der Waals surface area contributed by atoms with Crippen LogP contribution >= 0.6 is 12.2 Å². The van der Waals surface area contributed by atoms with Crippen LogP contribution in [0.25, 0.3) is 0 Å². The zero-order valence-corrected chi connectivity index (χ0v) is 11.0. The highest BCUT2D eigenvalue weighted by Crippen LogP contribution is 2.18. The van der Waals surface area contributed by atoms with Gasteiger partial charge in [0, 0.05) is 18.8 Å². The summed E-state index contributed by atoms with van der Waals surface area (Å²) in [5, 5.41) is 6.60. The number of nitrogens with one attached hydrogen (secondary N) is 2. The third-order valence-corrected chi connectivity index (χ3v) is 5.01. The van der Waals surface area contributed by atoms with Gasteiger partial charge in [-0.3, -0.25) is 0 Å². The lowest BCUT2D eigenvalue weighted by Crippen LogP contribution is -2.47. The minimum atomic E-state index is -3.06. The molecular formula is C9H18N2O2S2. The van der Waals surface area contributed by atoms with E-state index in [1.165, 1.54) is 6.26 Å². The normalized spacial score (nSPS) is 17.3. The van der Waals surface area contributed by atoms with E-state index >= 15 is 0 Å². The van der Waals surface area contributed by atoms with Crippen LogP contribution in [-0.2, 0) is 9.84 Å². The first-order valence-corrected chi connectivity index (χ1v) is 7.26. The van der Waals surface area contributed by atoms with Crippen LogP contribution in [0.1, 0.15) is 26.7 Å². The highest BCUT2D eigenvalue weighted by molar-refractivity contribution is 7.92. The van der Waals surface area contributed by atoms with Gasteiger partial charge in [0.2, 0.25) is 0 Å². The Bertz CT molecular complexity index is 345. The first kappa shape index (κ1) is 12.7. The van der Waals surface area contributed by atoms with Gasteiger partial charge in [0.25, 0.3) is 0 Å². The maximum atomic E-state index is 11.4. The maximum Gasteiger partial charge on any atom is 0.166 e. The van der Waals surface area contributed by atoms with Gasteiger partial charge in [-0.15, -0.1) is 0 Å². The van der Waals surface area contributed by atoms with Crippen molar-refractivity contribution in [2.24, 2.45) is 0 Å². The van der Waals surface area contributed by atoms with E-state index in [1.54, 1.807) is 13.8 Å². The van der Waals surface area contributed by atoms with E-state index in [2.05, 4.69) is 10.6 Å². The molecule has 0 radical (unpaired) electrons. The Morgan fingerprint density at radius 3 is 2.40 bits per heavy atom. The van der Waals surface area contributed by atoms with Crippen molar-refractivity contribution in [3.63, 3.8) is 0 Å². The van der Waals surface area contributed by atoms with Crippen LogP contribution in [0.2, 0.25) is 0 Å². The van der Waals surface area contributed by atoms with Crippen molar-refractivity contribution in [1.29, 1.82) is 0 Å². The number of rotatable bonds is 4. The van der Waals surface area contributed by atoms with E-state index in [4.69, 9.17) is 12.2 Å². The van der Waals surface area contributed by atoms with Gasteiger partial charge < -0.3 is 10.6 Å². The summed E-state index contributed by atoms with van der Waals surface area (Å²) in [7, 11) is -3.06. The molecule has 0 spiro atoms. The fourth-order valence-electron chi connectivity index (χ4n) is 0.888. The fraction of sp³-hybridized carbons (Fsp3) is 0.889. The minimum Gasteiger partial charge on any atom is -0.361 e. The number of sulfone groups is 1. The molecule has 1 aliphatic rings. The summed E-state index contributed by atoms with van der Waals surface area (Å²) in [5.41, 5.74) is 0. The molecule has 88 valence electrons. The molecule has 1 aliphatic carbocycles. The zero-order chi connectivity index (χ0) is 11.7. The zero-order valence-electron chi connectivity index (χ0n) is 9.33. The summed E-state index contributed by atoms with van der Waals surface area (Å²) in [6.07, 6.45) is 3.54. The topological polar surface area (TPSA) is 58.2 Å². The van der Waals surface area contributed by atoms with Crippen LogP contribution in [0.3, 0.4) is 0 Å². The molecule has 1 saturated carbocycles. The predicted molar refractivity (Wildman–Crippen MR) is 65.7 cm³/mol. The average Bonchev–Trinajstić information content (AvgIpc) is 2.83. The van der Waals surface area contributed by atoms with E-state index in [9.17, 15) is 8.42 Å². The molecule has 0 aromatic heterocycles. The van der Waals surface area contributed by atoms with Crippen molar-refractivity contribution in [1.82, 2.24) is 10.6 Å². The van der Waals surface area contributed by atoms with Crippen molar-refractivity contribution in [3.05, 3.63) is 0 Å². The second-order valence-corrected chi connectivity index (χ2v) is 7.69. The summed E-state index contributed by atoms with van der Waals surface area (Å²) >= 11 is 5.04. The van der Waals surface area contributed by atoms with E-state index in [1.807, 2.05) is 0 Å². The SMILES string of the molecule is CC(C)(CNC(=S)NC1CC1)S(C)(=O)=O. The van der Waals surface area contributed by atoms with Crippen LogP contribution in [0.15, 0.2) is 0 Å². The van der Waals surface area contributed by atoms with Crippen LogP contribution in [0, 0.1) is 0 Å².